The zero-order valence-electron chi connectivity index (χ0n) is 11.2. The first-order valence-corrected chi connectivity index (χ1v) is 5.81. The van der Waals surface area contributed by atoms with Crippen LogP contribution in [0.3, 0.4) is 0 Å². The van der Waals surface area contributed by atoms with Crippen molar-refractivity contribution in [2.75, 3.05) is 30.6 Å². The molecular weight excluding hydrogens is 242 g/mol. The minimum atomic E-state index is 0.444. The molecular formula is C12H17N7. The molecule has 0 amide bonds. The molecule has 19 heavy (non-hydrogen) atoms. The predicted octanol–water partition coefficient (Wildman–Crippen LogP) is 1.39. The summed E-state index contributed by atoms with van der Waals surface area (Å²) in [7, 11) is 3.72. The van der Waals surface area contributed by atoms with Gasteiger partial charge in [-0.3, -0.25) is 0 Å². The smallest absolute Gasteiger partial charge is 0.169 e. The number of aromatic nitrogens is 3. The molecule has 2 aromatic rings. The lowest BCUT2D eigenvalue weighted by molar-refractivity contribution is 0.492. The zero-order chi connectivity index (χ0) is 13.8. The monoisotopic (exact) mass is 259 g/mol. The summed E-state index contributed by atoms with van der Waals surface area (Å²) in [5, 5.41) is 4.84. The summed E-state index contributed by atoms with van der Waals surface area (Å²) in [5.74, 6) is 1.77. The zero-order valence-corrected chi connectivity index (χ0v) is 11.2. The Labute approximate surface area is 111 Å². The second-order valence-electron chi connectivity index (χ2n) is 4.28. The lowest BCUT2D eigenvalue weighted by Gasteiger charge is -2.16. The molecule has 100 valence electrons. The van der Waals surface area contributed by atoms with Crippen molar-refractivity contribution in [3.8, 4) is 0 Å². The minimum absolute atomic E-state index is 0.444. The molecule has 7 heteroatoms. The summed E-state index contributed by atoms with van der Waals surface area (Å²) in [4.78, 5) is 12.6. The Morgan fingerprint density at radius 1 is 1.16 bits per heavy atom. The summed E-state index contributed by atoms with van der Waals surface area (Å²) < 4.78 is 0. The number of pyridine rings is 1. The number of hydrazine groups is 1. The first-order chi connectivity index (χ1) is 9.06. The highest BCUT2D eigenvalue weighted by Crippen LogP contribution is 2.24. The van der Waals surface area contributed by atoms with Crippen LogP contribution >= 0.6 is 0 Å². The molecule has 7 nitrogen and oxygen atoms in total. The van der Waals surface area contributed by atoms with E-state index in [1.54, 1.807) is 5.01 Å². The van der Waals surface area contributed by atoms with Crippen LogP contribution < -0.4 is 16.5 Å². The van der Waals surface area contributed by atoms with Crippen LogP contribution in [0.25, 0.3) is 0 Å². The summed E-state index contributed by atoms with van der Waals surface area (Å²) in [6.07, 6.45) is 1.44. The summed E-state index contributed by atoms with van der Waals surface area (Å²) in [5.41, 5.74) is 10.4. The van der Waals surface area contributed by atoms with E-state index in [0.29, 0.717) is 23.1 Å². The highest BCUT2D eigenvalue weighted by molar-refractivity contribution is 5.76. The van der Waals surface area contributed by atoms with Gasteiger partial charge in [0.05, 0.1) is 0 Å². The van der Waals surface area contributed by atoms with Crippen LogP contribution in [0.2, 0.25) is 0 Å². The summed E-state index contributed by atoms with van der Waals surface area (Å²) in [6.45, 7) is 1.92. The van der Waals surface area contributed by atoms with Crippen LogP contribution in [0.4, 0.5) is 23.1 Å². The number of nitrogens with one attached hydrogen (secondary N) is 2. The van der Waals surface area contributed by atoms with Crippen LogP contribution in [0.5, 0.6) is 0 Å². The Morgan fingerprint density at radius 2 is 1.89 bits per heavy atom. The maximum absolute atomic E-state index is 6.01. The molecule has 2 heterocycles. The van der Waals surface area contributed by atoms with Gasteiger partial charge in [-0.15, -0.1) is 0 Å². The number of nitrogen functional groups attached to an aromatic ring is 1. The van der Waals surface area contributed by atoms with Crippen molar-refractivity contribution in [2.24, 2.45) is 0 Å². The van der Waals surface area contributed by atoms with E-state index in [1.165, 1.54) is 6.33 Å². The molecule has 4 N–H and O–H groups in total. The Balaban J connectivity index is 2.25. The van der Waals surface area contributed by atoms with Crippen LogP contribution in [0.15, 0.2) is 24.5 Å². The predicted molar refractivity (Wildman–Crippen MR) is 76.0 cm³/mol. The molecule has 0 atom stereocenters. The van der Waals surface area contributed by atoms with Crippen molar-refractivity contribution in [2.45, 2.75) is 6.92 Å². The number of hydrogen-bond acceptors (Lipinski definition) is 7. The van der Waals surface area contributed by atoms with Crippen molar-refractivity contribution in [1.82, 2.24) is 20.0 Å². The van der Waals surface area contributed by atoms with Gasteiger partial charge in [0, 0.05) is 19.8 Å². The van der Waals surface area contributed by atoms with Gasteiger partial charge < -0.3 is 16.5 Å². The van der Waals surface area contributed by atoms with Gasteiger partial charge in [0.25, 0.3) is 0 Å². The van der Waals surface area contributed by atoms with Crippen LogP contribution in [0.1, 0.15) is 5.69 Å². The first-order valence-electron chi connectivity index (χ1n) is 5.81. The molecule has 2 aromatic heterocycles. The van der Waals surface area contributed by atoms with Crippen molar-refractivity contribution >= 4 is 23.1 Å². The topological polar surface area (TPSA) is 92.0 Å². The van der Waals surface area contributed by atoms with Gasteiger partial charge in [-0.2, -0.15) is 0 Å². The fourth-order valence-electron chi connectivity index (χ4n) is 1.53. The molecule has 0 aromatic carbocycles. The maximum Gasteiger partial charge on any atom is 0.169 e. The lowest BCUT2D eigenvalue weighted by Crippen LogP contribution is -2.21. The standard InChI is InChI=1S/C12H17N7/c1-8-5-4-6-9(16-8)17-11-10(13)12(15-7-14-11)18-19(2)3/h4-7H,13H2,1-3H3,(H2,14,15,16,17,18). The third-order valence-electron chi connectivity index (χ3n) is 2.35. The average molecular weight is 259 g/mol. The summed E-state index contributed by atoms with van der Waals surface area (Å²) in [6, 6.07) is 5.70. The van der Waals surface area contributed by atoms with E-state index in [4.69, 9.17) is 5.73 Å². The van der Waals surface area contributed by atoms with Crippen LogP contribution in [-0.2, 0) is 0 Å². The number of nitrogens with zero attached hydrogens (tertiary/aromatic N) is 4. The fraction of sp³-hybridized carbons (Fsp3) is 0.250. The van der Waals surface area contributed by atoms with E-state index < -0.39 is 0 Å². The molecule has 0 spiro atoms. The maximum atomic E-state index is 6.01. The average Bonchev–Trinajstić information content (AvgIpc) is 2.34. The Kier molecular flexibility index (Phi) is 3.76. The van der Waals surface area contributed by atoms with Crippen LogP contribution in [-0.4, -0.2) is 34.1 Å². The summed E-state index contributed by atoms with van der Waals surface area (Å²) >= 11 is 0. The molecule has 0 saturated heterocycles. The van der Waals surface area contributed by atoms with E-state index in [2.05, 4.69) is 25.7 Å². The van der Waals surface area contributed by atoms with Crippen molar-refractivity contribution < 1.29 is 0 Å². The molecule has 0 bridgehead atoms. The van der Waals surface area contributed by atoms with Gasteiger partial charge in [0.15, 0.2) is 11.6 Å². The molecule has 0 aliphatic rings. The van der Waals surface area contributed by atoms with E-state index in [0.717, 1.165) is 5.69 Å². The second-order valence-corrected chi connectivity index (χ2v) is 4.28. The van der Waals surface area contributed by atoms with Gasteiger partial charge >= 0.3 is 0 Å². The third kappa shape index (κ3) is 3.29. The number of aryl methyl sites for hydroxylation is 1. The van der Waals surface area contributed by atoms with Gasteiger partial charge in [0.1, 0.15) is 17.8 Å². The molecule has 0 saturated carbocycles. The highest BCUT2D eigenvalue weighted by Gasteiger charge is 2.09. The largest absolute Gasteiger partial charge is 0.393 e. The normalized spacial score (nSPS) is 10.5. The Hall–Kier alpha value is -2.41. The molecule has 0 aliphatic carbocycles. The molecule has 0 fully saturated rings. The lowest BCUT2D eigenvalue weighted by atomic mass is 10.3. The quantitative estimate of drug-likeness (QED) is 0.714. The van der Waals surface area contributed by atoms with E-state index in [9.17, 15) is 0 Å². The number of nitrogens with two attached hydrogens (primary N) is 1. The van der Waals surface area contributed by atoms with E-state index in [-0.39, 0.29) is 0 Å². The van der Waals surface area contributed by atoms with Crippen molar-refractivity contribution in [3.05, 3.63) is 30.2 Å². The Morgan fingerprint density at radius 3 is 2.58 bits per heavy atom. The minimum Gasteiger partial charge on any atom is -0.393 e. The SMILES string of the molecule is Cc1cccc(Nc2ncnc(NN(C)C)c2N)n1. The number of anilines is 4. The van der Waals surface area contributed by atoms with Gasteiger partial charge in [0.2, 0.25) is 0 Å². The first kappa shape index (κ1) is 13.0. The third-order valence-corrected chi connectivity index (χ3v) is 2.35. The van der Waals surface area contributed by atoms with Crippen molar-refractivity contribution in [3.63, 3.8) is 0 Å². The Bertz CT molecular complexity index is 568. The molecule has 0 unspecified atom stereocenters. The number of rotatable bonds is 4. The van der Waals surface area contributed by atoms with Gasteiger partial charge in [-0.1, -0.05) is 6.07 Å². The van der Waals surface area contributed by atoms with Crippen LogP contribution in [0, 0.1) is 6.92 Å². The molecule has 0 radical (unpaired) electrons. The fourth-order valence-corrected chi connectivity index (χ4v) is 1.53. The van der Waals surface area contributed by atoms with Gasteiger partial charge in [-0.25, -0.2) is 20.0 Å². The van der Waals surface area contributed by atoms with E-state index in [1.807, 2.05) is 39.2 Å². The molecule has 0 aliphatic heterocycles. The van der Waals surface area contributed by atoms with Gasteiger partial charge in [-0.05, 0) is 19.1 Å². The van der Waals surface area contributed by atoms with E-state index >= 15 is 0 Å². The molecule has 2 rings (SSSR count). The number of hydrogen-bond donors (Lipinski definition) is 3. The second kappa shape index (κ2) is 5.49. The van der Waals surface area contributed by atoms with Crippen molar-refractivity contribution in [1.29, 1.82) is 0 Å². The highest BCUT2D eigenvalue weighted by atomic mass is 15.5.